The zero-order valence-electron chi connectivity index (χ0n) is 9.51. The quantitative estimate of drug-likeness (QED) is 0.758. The second kappa shape index (κ2) is 4.68. The van der Waals surface area contributed by atoms with E-state index in [1.165, 1.54) is 0 Å². The summed E-state index contributed by atoms with van der Waals surface area (Å²) in [6.07, 6.45) is 1.47. The van der Waals surface area contributed by atoms with Crippen LogP contribution in [0.3, 0.4) is 0 Å². The van der Waals surface area contributed by atoms with Gasteiger partial charge < -0.3 is 14.7 Å². The van der Waals surface area contributed by atoms with Crippen molar-refractivity contribution in [3.8, 4) is 0 Å². The minimum Gasteiger partial charge on any atom is -0.394 e. The van der Waals surface area contributed by atoms with Crippen LogP contribution in [0, 0.1) is 0 Å². The summed E-state index contributed by atoms with van der Waals surface area (Å²) in [5, 5.41) is 16.9. The molecule has 1 unspecified atom stereocenters. The molecule has 7 nitrogen and oxygen atoms in total. The Morgan fingerprint density at radius 1 is 1.56 bits per heavy atom. The fourth-order valence-electron chi connectivity index (χ4n) is 2.06. The van der Waals surface area contributed by atoms with E-state index in [-0.39, 0.29) is 18.0 Å². The fourth-order valence-corrected chi connectivity index (χ4v) is 2.22. The van der Waals surface area contributed by atoms with E-state index in [0.29, 0.717) is 25.3 Å². The molecule has 3 rings (SSSR count). The molecule has 3 heterocycles. The third kappa shape index (κ3) is 2.00. The number of ether oxygens (including phenoxy) is 1. The van der Waals surface area contributed by atoms with Gasteiger partial charge in [0.1, 0.15) is 5.82 Å². The van der Waals surface area contributed by atoms with Crippen molar-refractivity contribution in [3.05, 3.63) is 11.5 Å². The summed E-state index contributed by atoms with van der Waals surface area (Å²) in [5.41, 5.74) is 0.608. The van der Waals surface area contributed by atoms with Crippen molar-refractivity contribution in [1.82, 2.24) is 20.2 Å². The Bertz CT molecular complexity index is 560. The Morgan fingerprint density at radius 2 is 2.44 bits per heavy atom. The average Bonchev–Trinajstić information content (AvgIpc) is 2.85. The van der Waals surface area contributed by atoms with Crippen molar-refractivity contribution in [3.63, 3.8) is 0 Å². The predicted molar refractivity (Wildman–Crippen MR) is 65.7 cm³/mol. The Kier molecular flexibility index (Phi) is 3.02. The van der Waals surface area contributed by atoms with Crippen LogP contribution in [0.1, 0.15) is 0 Å². The lowest BCUT2D eigenvalue weighted by Gasteiger charge is -2.33. The molecule has 0 aromatic carbocycles. The van der Waals surface area contributed by atoms with Gasteiger partial charge in [0.15, 0.2) is 5.65 Å². The first kappa shape index (κ1) is 11.6. The minimum absolute atomic E-state index is 0.0101. The summed E-state index contributed by atoms with van der Waals surface area (Å²) in [7, 11) is 0. The highest BCUT2D eigenvalue weighted by molar-refractivity contribution is 6.28. The molecule has 0 saturated carbocycles. The van der Waals surface area contributed by atoms with Gasteiger partial charge in [-0.2, -0.15) is 15.1 Å². The van der Waals surface area contributed by atoms with Crippen LogP contribution in [0.5, 0.6) is 0 Å². The van der Waals surface area contributed by atoms with Crippen molar-refractivity contribution < 1.29 is 9.84 Å². The lowest BCUT2D eigenvalue weighted by atomic mass is 10.2. The Morgan fingerprint density at radius 3 is 3.28 bits per heavy atom. The summed E-state index contributed by atoms with van der Waals surface area (Å²) >= 11 is 5.89. The zero-order chi connectivity index (χ0) is 12.5. The molecule has 1 aliphatic rings. The van der Waals surface area contributed by atoms with Gasteiger partial charge in [-0.1, -0.05) is 0 Å². The van der Waals surface area contributed by atoms with Crippen molar-refractivity contribution in [2.75, 3.05) is 31.2 Å². The first-order chi connectivity index (χ1) is 8.78. The molecule has 96 valence electrons. The Hall–Kier alpha value is -1.44. The lowest BCUT2D eigenvalue weighted by Crippen LogP contribution is -2.44. The van der Waals surface area contributed by atoms with Crippen LogP contribution in [-0.4, -0.2) is 57.7 Å². The summed E-state index contributed by atoms with van der Waals surface area (Å²) in [6.45, 7) is 1.81. The van der Waals surface area contributed by atoms with Gasteiger partial charge in [0.05, 0.1) is 30.9 Å². The van der Waals surface area contributed by atoms with E-state index < -0.39 is 0 Å². The van der Waals surface area contributed by atoms with Gasteiger partial charge in [0.25, 0.3) is 0 Å². The molecule has 1 saturated heterocycles. The number of nitrogens with one attached hydrogen (secondary N) is 1. The molecule has 1 fully saturated rings. The maximum Gasteiger partial charge on any atom is 0.226 e. The van der Waals surface area contributed by atoms with E-state index in [9.17, 15) is 0 Å². The third-order valence-corrected chi connectivity index (χ3v) is 3.07. The smallest absolute Gasteiger partial charge is 0.226 e. The van der Waals surface area contributed by atoms with Gasteiger partial charge in [0.2, 0.25) is 5.28 Å². The zero-order valence-corrected chi connectivity index (χ0v) is 10.3. The maximum absolute atomic E-state index is 9.15. The highest BCUT2D eigenvalue weighted by Crippen LogP contribution is 2.25. The number of hydrogen-bond donors (Lipinski definition) is 2. The topological polar surface area (TPSA) is 87.2 Å². The summed E-state index contributed by atoms with van der Waals surface area (Å²) in [5.74, 6) is 0.723. The summed E-state index contributed by atoms with van der Waals surface area (Å²) < 4.78 is 5.41. The molecule has 0 amide bonds. The van der Waals surface area contributed by atoms with Gasteiger partial charge in [-0.25, -0.2) is 0 Å². The number of aromatic nitrogens is 4. The van der Waals surface area contributed by atoms with Crippen molar-refractivity contribution >= 4 is 28.5 Å². The van der Waals surface area contributed by atoms with E-state index in [1.54, 1.807) is 6.20 Å². The van der Waals surface area contributed by atoms with Gasteiger partial charge in [0, 0.05) is 13.1 Å². The summed E-state index contributed by atoms with van der Waals surface area (Å²) in [6, 6.07) is 0. The number of hydrogen-bond acceptors (Lipinski definition) is 6. The molecule has 1 atom stereocenters. The van der Waals surface area contributed by atoms with Gasteiger partial charge in [-0.3, -0.25) is 5.10 Å². The number of aliphatic hydroxyl groups excluding tert-OH is 1. The summed E-state index contributed by atoms with van der Waals surface area (Å²) in [4.78, 5) is 10.3. The first-order valence-electron chi connectivity index (χ1n) is 5.62. The number of aliphatic hydroxyl groups is 1. The highest BCUT2D eigenvalue weighted by Gasteiger charge is 2.23. The molecule has 18 heavy (non-hydrogen) atoms. The number of aromatic amines is 1. The van der Waals surface area contributed by atoms with Gasteiger partial charge >= 0.3 is 0 Å². The molecular formula is C10H12ClN5O2. The van der Waals surface area contributed by atoms with Crippen LogP contribution in [-0.2, 0) is 4.74 Å². The van der Waals surface area contributed by atoms with Gasteiger partial charge in [-0.15, -0.1) is 0 Å². The maximum atomic E-state index is 9.15. The number of morpholine rings is 1. The van der Waals surface area contributed by atoms with Crippen LogP contribution in [0.25, 0.3) is 11.0 Å². The van der Waals surface area contributed by atoms with Crippen LogP contribution >= 0.6 is 11.6 Å². The molecule has 0 spiro atoms. The number of halogens is 1. The van der Waals surface area contributed by atoms with Crippen LogP contribution in [0.15, 0.2) is 6.20 Å². The van der Waals surface area contributed by atoms with E-state index in [0.717, 1.165) is 11.2 Å². The molecule has 0 radical (unpaired) electrons. The van der Waals surface area contributed by atoms with E-state index in [1.807, 2.05) is 4.90 Å². The monoisotopic (exact) mass is 269 g/mol. The number of rotatable bonds is 2. The molecule has 2 aromatic rings. The predicted octanol–water partition coefficient (Wildman–Crippen LogP) is 0.204. The van der Waals surface area contributed by atoms with Crippen molar-refractivity contribution in [2.45, 2.75) is 6.10 Å². The van der Waals surface area contributed by atoms with Crippen LogP contribution in [0.2, 0.25) is 5.28 Å². The SMILES string of the molecule is OCC1CN(c2nc(Cl)nc3[nH]ncc23)CCO1. The van der Waals surface area contributed by atoms with Crippen LogP contribution in [0.4, 0.5) is 5.82 Å². The molecule has 8 heteroatoms. The van der Waals surface area contributed by atoms with E-state index in [2.05, 4.69) is 20.2 Å². The normalized spacial score (nSPS) is 20.6. The lowest BCUT2D eigenvalue weighted by molar-refractivity contribution is 0.00343. The molecule has 2 aromatic heterocycles. The van der Waals surface area contributed by atoms with E-state index >= 15 is 0 Å². The number of nitrogens with zero attached hydrogens (tertiary/aromatic N) is 4. The largest absolute Gasteiger partial charge is 0.394 e. The Labute approximate surface area is 108 Å². The number of anilines is 1. The fraction of sp³-hybridized carbons (Fsp3) is 0.500. The van der Waals surface area contributed by atoms with E-state index in [4.69, 9.17) is 21.4 Å². The molecule has 0 aliphatic carbocycles. The third-order valence-electron chi connectivity index (χ3n) is 2.90. The highest BCUT2D eigenvalue weighted by atomic mass is 35.5. The molecule has 2 N–H and O–H groups in total. The molecule has 1 aliphatic heterocycles. The molecular weight excluding hydrogens is 258 g/mol. The molecule has 0 bridgehead atoms. The Balaban J connectivity index is 2.00. The second-order valence-electron chi connectivity index (χ2n) is 4.07. The number of H-pyrrole nitrogens is 1. The standard InChI is InChI=1S/C10H12ClN5O2/c11-10-13-8-7(3-12-15-8)9(14-10)16-1-2-18-6(4-16)5-17/h3,6,17H,1-2,4-5H2,(H,12,13,14,15). The first-order valence-corrected chi connectivity index (χ1v) is 6.00. The van der Waals surface area contributed by atoms with Crippen molar-refractivity contribution in [1.29, 1.82) is 0 Å². The second-order valence-corrected chi connectivity index (χ2v) is 4.41. The van der Waals surface area contributed by atoms with Crippen molar-refractivity contribution in [2.24, 2.45) is 0 Å². The average molecular weight is 270 g/mol. The van der Waals surface area contributed by atoms with Crippen LogP contribution < -0.4 is 4.90 Å². The number of fused-ring (bicyclic) bond motifs is 1. The minimum atomic E-state index is -0.200. The van der Waals surface area contributed by atoms with Gasteiger partial charge in [-0.05, 0) is 11.6 Å².